The summed E-state index contributed by atoms with van der Waals surface area (Å²) in [5, 5.41) is 0. The zero-order valence-electron chi connectivity index (χ0n) is 10.9. The van der Waals surface area contributed by atoms with Crippen molar-refractivity contribution in [3.05, 3.63) is 23.8 Å². The average Bonchev–Trinajstić information content (AvgIpc) is 2.30. The fourth-order valence-electron chi connectivity index (χ4n) is 2.44. The van der Waals surface area contributed by atoms with E-state index in [2.05, 4.69) is 23.8 Å². The quantitative estimate of drug-likeness (QED) is 0.748. The van der Waals surface area contributed by atoms with Gasteiger partial charge in [-0.15, -0.1) is 0 Å². The molecule has 1 aromatic carbocycles. The van der Waals surface area contributed by atoms with E-state index in [-0.39, 0.29) is 0 Å². The highest BCUT2D eigenvalue weighted by Crippen LogP contribution is 2.27. The summed E-state index contributed by atoms with van der Waals surface area (Å²) in [5.41, 5.74) is 13.4. The molecule has 1 amide bonds. The van der Waals surface area contributed by atoms with Crippen molar-refractivity contribution in [1.82, 2.24) is 4.90 Å². The van der Waals surface area contributed by atoms with E-state index in [1.54, 1.807) is 18.2 Å². The second kappa shape index (κ2) is 4.86. The third-order valence-corrected chi connectivity index (χ3v) is 3.45. The van der Waals surface area contributed by atoms with Crippen LogP contribution in [0.5, 0.6) is 0 Å². The number of nitrogen functional groups attached to an aromatic ring is 1. The van der Waals surface area contributed by atoms with Crippen LogP contribution in [0.1, 0.15) is 17.3 Å². The van der Waals surface area contributed by atoms with Crippen LogP contribution in [0.25, 0.3) is 0 Å². The summed E-state index contributed by atoms with van der Waals surface area (Å²) in [5.74, 6) is -0.418. The lowest BCUT2D eigenvalue weighted by Crippen LogP contribution is -2.50. The number of nitrogens with zero attached hydrogens (tertiary/aromatic N) is 2. The molecule has 1 fully saturated rings. The van der Waals surface area contributed by atoms with Gasteiger partial charge in [0.25, 0.3) is 0 Å². The van der Waals surface area contributed by atoms with Crippen LogP contribution in [0.15, 0.2) is 18.2 Å². The van der Waals surface area contributed by atoms with Gasteiger partial charge >= 0.3 is 0 Å². The number of amides is 1. The van der Waals surface area contributed by atoms with Crippen molar-refractivity contribution in [2.24, 2.45) is 5.73 Å². The first kappa shape index (κ1) is 12.7. The van der Waals surface area contributed by atoms with E-state index >= 15 is 0 Å². The molecule has 0 saturated carbocycles. The summed E-state index contributed by atoms with van der Waals surface area (Å²) >= 11 is 0. The van der Waals surface area contributed by atoms with E-state index in [0.717, 1.165) is 25.3 Å². The number of hydrogen-bond acceptors (Lipinski definition) is 4. The summed E-state index contributed by atoms with van der Waals surface area (Å²) < 4.78 is 0. The summed E-state index contributed by atoms with van der Waals surface area (Å²) in [7, 11) is 2.11. The number of rotatable bonds is 2. The zero-order chi connectivity index (χ0) is 13.3. The van der Waals surface area contributed by atoms with E-state index in [4.69, 9.17) is 11.5 Å². The van der Waals surface area contributed by atoms with Crippen molar-refractivity contribution in [2.45, 2.75) is 13.0 Å². The first-order valence-corrected chi connectivity index (χ1v) is 6.13. The van der Waals surface area contributed by atoms with Crippen molar-refractivity contribution in [3.8, 4) is 0 Å². The minimum Gasteiger partial charge on any atom is -0.397 e. The average molecular weight is 248 g/mol. The van der Waals surface area contributed by atoms with Gasteiger partial charge < -0.3 is 21.3 Å². The Morgan fingerprint density at radius 3 is 2.72 bits per heavy atom. The minimum absolute atomic E-state index is 0.370. The molecule has 5 nitrogen and oxygen atoms in total. The summed E-state index contributed by atoms with van der Waals surface area (Å²) in [6.45, 7) is 5.04. The van der Waals surface area contributed by atoms with E-state index in [9.17, 15) is 4.79 Å². The zero-order valence-corrected chi connectivity index (χ0v) is 10.9. The van der Waals surface area contributed by atoms with Crippen molar-refractivity contribution >= 4 is 17.3 Å². The number of benzene rings is 1. The molecule has 0 radical (unpaired) electrons. The molecule has 0 aliphatic carbocycles. The van der Waals surface area contributed by atoms with Gasteiger partial charge in [0.1, 0.15) is 0 Å². The first-order chi connectivity index (χ1) is 8.49. The first-order valence-electron chi connectivity index (χ1n) is 6.13. The minimum atomic E-state index is -0.418. The highest BCUT2D eigenvalue weighted by Gasteiger charge is 2.23. The van der Waals surface area contributed by atoms with Gasteiger partial charge in [-0.3, -0.25) is 4.79 Å². The molecule has 0 aromatic heterocycles. The monoisotopic (exact) mass is 248 g/mol. The molecule has 1 heterocycles. The Balaban J connectivity index is 2.32. The Hall–Kier alpha value is -1.75. The van der Waals surface area contributed by atoms with Crippen molar-refractivity contribution in [3.63, 3.8) is 0 Å². The largest absolute Gasteiger partial charge is 0.397 e. The maximum Gasteiger partial charge on any atom is 0.248 e. The molecule has 1 unspecified atom stereocenters. The number of primary amides is 1. The Morgan fingerprint density at radius 2 is 2.11 bits per heavy atom. The molecule has 1 atom stereocenters. The maximum atomic E-state index is 11.2. The molecule has 0 bridgehead atoms. The van der Waals surface area contributed by atoms with E-state index in [1.807, 2.05) is 0 Å². The number of piperazine rings is 1. The molecule has 4 N–H and O–H groups in total. The molecule has 0 spiro atoms. The fourth-order valence-corrected chi connectivity index (χ4v) is 2.44. The lowest BCUT2D eigenvalue weighted by molar-refractivity contribution is 0.100. The van der Waals surface area contributed by atoms with Crippen LogP contribution in [-0.2, 0) is 0 Å². The van der Waals surface area contributed by atoms with Gasteiger partial charge in [0.15, 0.2) is 0 Å². The molecular weight excluding hydrogens is 228 g/mol. The van der Waals surface area contributed by atoms with Gasteiger partial charge in [-0.1, -0.05) is 0 Å². The number of anilines is 2. The molecular formula is C13H20N4O. The lowest BCUT2D eigenvalue weighted by atomic mass is 10.1. The van der Waals surface area contributed by atoms with Crippen LogP contribution in [0, 0.1) is 0 Å². The van der Waals surface area contributed by atoms with Gasteiger partial charge in [0, 0.05) is 31.2 Å². The third kappa shape index (κ3) is 2.41. The van der Waals surface area contributed by atoms with Crippen molar-refractivity contribution in [1.29, 1.82) is 0 Å². The number of nitrogens with two attached hydrogens (primary N) is 2. The summed E-state index contributed by atoms with van der Waals surface area (Å²) in [6.07, 6.45) is 0. The predicted molar refractivity (Wildman–Crippen MR) is 73.7 cm³/mol. The van der Waals surface area contributed by atoms with Gasteiger partial charge in [-0.2, -0.15) is 0 Å². The Morgan fingerprint density at radius 1 is 1.39 bits per heavy atom. The predicted octanol–water partition coefficient (Wildman–Crippen LogP) is 0.508. The van der Waals surface area contributed by atoms with Gasteiger partial charge in [-0.05, 0) is 32.2 Å². The van der Waals surface area contributed by atoms with Gasteiger partial charge in [-0.25, -0.2) is 0 Å². The molecule has 1 aliphatic heterocycles. The molecule has 1 saturated heterocycles. The highest BCUT2D eigenvalue weighted by molar-refractivity contribution is 5.95. The van der Waals surface area contributed by atoms with E-state index in [0.29, 0.717) is 17.3 Å². The van der Waals surface area contributed by atoms with Gasteiger partial charge in [0.2, 0.25) is 5.91 Å². The smallest absolute Gasteiger partial charge is 0.248 e. The van der Waals surface area contributed by atoms with Crippen LogP contribution in [0.2, 0.25) is 0 Å². The van der Waals surface area contributed by atoms with Crippen LogP contribution in [0.4, 0.5) is 11.4 Å². The number of hydrogen-bond donors (Lipinski definition) is 2. The standard InChI is InChI=1S/C13H20N4O/c1-9-8-16(2)5-6-17(9)12-7-10(13(15)18)3-4-11(12)14/h3-4,7,9H,5-6,8,14H2,1-2H3,(H2,15,18). The number of carbonyl (C=O) groups excluding carboxylic acids is 1. The molecule has 5 heteroatoms. The Labute approximate surface area is 107 Å². The Bertz CT molecular complexity index is 460. The summed E-state index contributed by atoms with van der Waals surface area (Å²) in [6, 6.07) is 5.58. The second-order valence-corrected chi connectivity index (χ2v) is 4.94. The molecule has 98 valence electrons. The van der Waals surface area contributed by atoms with E-state index < -0.39 is 5.91 Å². The second-order valence-electron chi connectivity index (χ2n) is 4.94. The topological polar surface area (TPSA) is 75.6 Å². The lowest BCUT2D eigenvalue weighted by Gasteiger charge is -2.40. The van der Waals surface area contributed by atoms with Crippen LogP contribution in [0.3, 0.4) is 0 Å². The van der Waals surface area contributed by atoms with Gasteiger partial charge in [0.05, 0.1) is 11.4 Å². The van der Waals surface area contributed by atoms with Crippen molar-refractivity contribution < 1.29 is 4.79 Å². The van der Waals surface area contributed by atoms with Crippen LogP contribution >= 0.6 is 0 Å². The van der Waals surface area contributed by atoms with Crippen molar-refractivity contribution in [2.75, 3.05) is 37.3 Å². The van der Waals surface area contributed by atoms with Crippen LogP contribution < -0.4 is 16.4 Å². The maximum absolute atomic E-state index is 11.2. The fraction of sp³-hybridized carbons (Fsp3) is 0.462. The summed E-state index contributed by atoms with van der Waals surface area (Å²) in [4.78, 5) is 15.8. The molecule has 2 rings (SSSR count). The number of likely N-dealkylation sites (N-methyl/N-ethyl adjacent to an activating group) is 1. The van der Waals surface area contributed by atoms with Crippen LogP contribution in [-0.4, -0.2) is 43.5 Å². The molecule has 1 aliphatic rings. The highest BCUT2D eigenvalue weighted by atomic mass is 16.1. The third-order valence-electron chi connectivity index (χ3n) is 3.45. The normalized spacial score (nSPS) is 21.0. The molecule has 18 heavy (non-hydrogen) atoms. The molecule has 1 aromatic rings. The van der Waals surface area contributed by atoms with E-state index in [1.165, 1.54) is 0 Å². The SMILES string of the molecule is CC1CN(C)CCN1c1cc(C(N)=O)ccc1N. The Kier molecular flexibility index (Phi) is 3.43. The number of carbonyl (C=O) groups is 1.